The van der Waals surface area contributed by atoms with Crippen molar-refractivity contribution in [1.29, 1.82) is 0 Å². The fourth-order valence-corrected chi connectivity index (χ4v) is 9.88. The quantitative estimate of drug-likeness (QED) is 0.159. The van der Waals surface area contributed by atoms with E-state index in [1.165, 1.54) is 20.3 Å². The van der Waals surface area contributed by atoms with Crippen molar-refractivity contribution in [3.63, 3.8) is 0 Å². The number of likely N-dealkylation sites (tertiary alicyclic amines) is 1. The molecule has 0 aliphatic carbocycles. The van der Waals surface area contributed by atoms with Gasteiger partial charge in [0, 0.05) is 45.1 Å². The number of cyclic esters (lactones) is 1. The third-order valence-electron chi connectivity index (χ3n) is 14.0. The van der Waals surface area contributed by atoms with Crippen LogP contribution in [0.1, 0.15) is 73.6 Å². The zero-order valence-electron chi connectivity index (χ0n) is 40.2. The third kappa shape index (κ3) is 15.1. The number of rotatable bonds is 12. The van der Waals surface area contributed by atoms with E-state index in [9.17, 15) is 56.4 Å². The van der Waals surface area contributed by atoms with Gasteiger partial charge in [0.25, 0.3) is 0 Å². The van der Waals surface area contributed by atoms with Gasteiger partial charge in [-0.25, -0.2) is 0 Å². The number of ketones is 1. The Kier molecular flexibility index (Phi) is 21.1. The summed E-state index contributed by atoms with van der Waals surface area (Å²) >= 11 is 0. The van der Waals surface area contributed by atoms with Crippen molar-refractivity contribution in [2.45, 2.75) is 166 Å². The molecule has 0 radical (unpaired) electrons. The highest BCUT2D eigenvalue weighted by Crippen LogP contribution is 2.42. The van der Waals surface area contributed by atoms with Crippen molar-refractivity contribution < 1.29 is 89.5 Å². The van der Waals surface area contributed by atoms with Gasteiger partial charge in [0.2, 0.25) is 0 Å². The highest BCUT2D eigenvalue weighted by molar-refractivity contribution is 5.91. The Labute approximate surface area is 390 Å². The number of esters is 1. The molecule has 15 nitrogen and oxygen atoms in total. The minimum Gasteiger partial charge on any atom is -0.462 e. The first-order valence-electron chi connectivity index (χ1n) is 23.2. The Morgan fingerprint density at radius 2 is 1.39 bits per heavy atom. The van der Waals surface area contributed by atoms with Gasteiger partial charge in [0.15, 0.2) is 18.4 Å². The summed E-state index contributed by atoms with van der Waals surface area (Å²) in [7, 11) is 6.10. The number of halogens is 6. The second-order valence-electron chi connectivity index (χ2n) is 19.2. The summed E-state index contributed by atoms with van der Waals surface area (Å²) in [6.45, 7) is 8.14. The van der Waals surface area contributed by atoms with Crippen LogP contribution >= 0.6 is 0 Å². The number of alkyl halides is 6. The maximum atomic E-state index is 14.0. The minimum absolute atomic E-state index is 0.0402. The largest absolute Gasteiger partial charge is 0.462 e. The molecule has 388 valence electrons. The Balaban J connectivity index is 1.73. The molecular formula is C46H74F6N2O13. The number of aliphatic hydroxyl groups excluding tert-OH is 4. The molecule has 4 rings (SSSR count). The number of methoxy groups -OCH3 is 2. The standard InChI is InChI=1S/C46H74F6N2O13/c1-11-34-29(22-63-44-42(62-10)41(61-9)38(59)27(6)65-44)16-23(2)12-13-32(55)24(3)17-28(14-15-54-20-30(45(47,48)49)18-31(21-54)46(50,51)52)40(25(4)33(56)19-35(57)66-34)67-43-39(60)36(53(7)8)37(58)26(5)64-43/h12-13,16,24-31,33-34,36-44,56,58-60H,11,14-15,17-22H2,1-10H3/b13-12+,23-16+/t24-,25+,26-,27-,28+,29-,30-,31+,33-,34-,36+,37-,38-,39-,40-,41-,42-,43+,44-/m1/s1. The average Bonchev–Trinajstić information content (AvgIpc) is 3.25. The maximum absolute atomic E-state index is 14.0. The van der Waals surface area contributed by atoms with Crippen LogP contribution in [0.15, 0.2) is 23.8 Å². The summed E-state index contributed by atoms with van der Waals surface area (Å²) in [5.74, 6) is -9.06. The fourth-order valence-electron chi connectivity index (χ4n) is 9.88. The molecule has 3 fully saturated rings. The molecule has 67 heavy (non-hydrogen) atoms. The van der Waals surface area contributed by atoms with Crippen LogP contribution in [-0.4, -0.2) is 189 Å². The van der Waals surface area contributed by atoms with Crippen molar-refractivity contribution in [2.75, 3.05) is 54.6 Å². The molecule has 19 atom stereocenters. The van der Waals surface area contributed by atoms with E-state index in [-0.39, 0.29) is 38.2 Å². The molecular weight excluding hydrogens is 902 g/mol. The molecule has 0 saturated carbocycles. The van der Waals surface area contributed by atoms with Gasteiger partial charge in [-0.2, -0.15) is 26.3 Å². The summed E-state index contributed by atoms with van der Waals surface area (Å²) in [4.78, 5) is 30.5. The lowest BCUT2D eigenvalue weighted by Crippen LogP contribution is -2.63. The lowest BCUT2D eigenvalue weighted by molar-refractivity contribution is -0.304. The Hall–Kier alpha value is -2.28. The lowest BCUT2D eigenvalue weighted by atomic mass is 9.79. The maximum Gasteiger partial charge on any atom is 0.393 e. The van der Waals surface area contributed by atoms with E-state index < -0.39 is 159 Å². The number of piperidine rings is 1. The monoisotopic (exact) mass is 977 g/mol. The van der Waals surface area contributed by atoms with Crippen molar-refractivity contribution in [1.82, 2.24) is 9.80 Å². The van der Waals surface area contributed by atoms with Gasteiger partial charge >= 0.3 is 18.3 Å². The van der Waals surface area contributed by atoms with Crippen molar-refractivity contribution in [3.05, 3.63) is 23.8 Å². The van der Waals surface area contributed by atoms with Crippen LogP contribution in [0.5, 0.6) is 0 Å². The Morgan fingerprint density at radius 3 is 1.94 bits per heavy atom. The van der Waals surface area contributed by atoms with Gasteiger partial charge in [-0.3, -0.25) is 9.59 Å². The van der Waals surface area contributed by atoms with Gasteiger partial charge in [-0.1, -0.05) is 38.5 Å². The van der Waals surface area contributed by atoms with Crippen LogP contribution in [0.4, 0.5) is 26.3 Å². The number of carbonyl (C=O) groups is 2. The first-order chi connectivity index (χ1) is 31.2. The molecule has 0 aromatic heterocycles. The zero-order chi connectivity index (χ0) is 50.3. The van der Waals surface area contributed by atoms with E-state index in [0.29, 0.717) is 5.57 Å². The van der Waals surface area contributed by atoms with Gasteiger partial charge in [0.05, 0.1) is 61.4 Å². The Bertz CT molecular complexity index is 1620. The first-order valence-corrected chi connectivity index (χ1v) is 23.2. The summed E-state index contributed by atoms with van der Waals surface area (Å²) in [6, 6.07) is -0.910. The molecule has 4 aliphatic rings. The second-order valence-corrected chi connectivity index (χ2v) is 19.2. The highest BCUT2D eigenvalue weighted by atomic mass is 19.4. The van der Waals surface area contributed by atoms with Crippen LogP contribution in [0.2, 0.25) is 0 Å². The van der Waals surface area contributed by atoms with Gasteiger partial charge in [0.1, 0.15) is 30.5 Å². The van der Waals surface area contributed by atoms with E-state index in [2.05, 4.69) is 0 Å². The van der Waals surface area contributed by atoms with E-state index in [0.717, 1.165) is 4.90 Å². The molecule has 4 heterocycles. The SMILES string of the molecule is CC[C@H]1OC(=O)C[C@@H](O)[C@H](C)[C@@H](O[C@@H]2O[C@H](C)[C@@H](O)[C@H](N(C)C)[C@H]2O)[C@@H](CCN2C[C@H](C(F)(F)F)C[C@H](C(F)(F)F)C2)C[C@@H](C)C(=O)/C=C/C(C)=C/[C@@H]1CO[C@@H]1O[C@H](C)[C@@H](O)[C@@H](OC)[C@H]1OC. The van der Waals surface area contributed by atoms with Crippen LogP contribution in [0.3, 0.4) is 0 Å². The molecule has 0 spiro atoms. The number of hydrogen-bond donors (Lipinski definition) is 4. The smallest absolute Gasteiger partial charge is 0.393 e. The van der Waals surface area contributed by atoms with Crippen LogP contribution in [-0.2, 0) is 42.7 Å². The van der Waals surface area contributed by atoms with Crippen molar-refractivity contribution >= 4 is 11.8 Å². The Morgan fingerprint density at radius 1 is 0.806 bits per heavy atom. The van der Waals surface area contributed by atoms with Crippen molar-refractivity contribution in [3.8, 4) is 0 Å². The number of aliphatic hydroxyl groups is 4. The van der Waals surface area contributed by atoms with Gasteiger partial charge < -0.3 is 63.4 Å². The van der Waals surface area contributed by atoms with Gasteiger partial charge in [-0.05, 0) is 79.1 Å². The lowest BCUT2D eigenvalue weighted by Gasteiger charge is -2.47. The van der Waals surface area contributed by atoms with Crippen LogP contribution in [0.25, 0.3) is 0 Å². The molecule has 4 N–H and O–H groups in total. The van der Waals surface area contributed by atoms with Gasteiger partial charge in [-0.15, -0.1) is 0 Å². The van der Waals surface area contributed by atoms with E-state index >= 15 is 0 Å². The summed E-state index contributed by atoms with van der Waals surface area (Å²) in [5, 5.41) is 45.1. The molecule has 0 aromatic rings. The summed E-state index contributed by atoms with van der Waals surface area (Å²) < 4.78 is 126. The zero-order valence-corrected chi connectivity index (χ0v) is 40.2. The topological polar surface area (TPSA) is 186 Å². The van der Waals surface area contributed by atoms with Crippen LogP contribution in [0, 0.1) is 35.5 Å². The average molecular weight is 977 g/mol. The number of allylic oxidation sites excluding steroid dienone is 3. The molecule has 0 amide bonds. The van der Waals surface area contributed by atoms with Crippen LogP contribution < -0.4 is 0 Å². The minimum atomic E-state index is -4.89. The van der Waals surface area contributed by atoms with E-state index in [1.54, 1.807) is 72.7 Å². The van der Waals surface area contributed by atoms with E-state index in [4.69, 9.17) is 33.2 Å². The van der Waals surface area contributed by atoms with E-state index in [1.807, 2.05) is 0 Å². The number of ether oxygens (including phenoxy) is 7. The fraction of sp³-hybridized carbons (Fsp3) is 0.870. The summed E-state index contributed by atoms with van der Waals surface area (Å²) in [5.41, 5.74) is 0.576. The normalized spacial score (nSPS) is 42.0. The molecule has 0 aromatic carbocycles. The molecule has 4 aliphatic heterocycles. The summed E-state index contributed by atoms with van der Waals surface area (Å²) in [6.07, 6.45) is -19.6. The predicted octanol–water partition coefficient (Wildman–Crippen LogP) is 4.43. The molecule has 0 unspecified atom stereocenters. The number of likely N-dealkylation sites (N-methyl/N-ethyl adjacent to an activating group) is 1. The van der Waals surface area contributed by atoms with Crippen molar-refractivity contribution in [2.24, 2.45) is 35.5 Å². The third-order valence-corrected chi connectivity index (χ3v) is 14.0. The first kappa shape index (κ1) is 57.3. The molecule has 21 heteroatoms. The molecule has 0 bridgehead atoms. The number of nitrogens with zero attached hydrogens (tertiary/aromatic N) is 2. The second kappa shape index (κ2) is 24.7. The predicted molar refractivity (Wildman–Crippen MR) is 230 cm³/mol. The highest BCUT2D eigenvalue weighted by Gasteiger charge is 2.52. The number of hydrogen-bond acceptors (Lipinski definition) is 15. The number of carbonyl (C=O) groups excluding carboxylic acids is 2. The molecule has 3 saturated heterocycles.